The quantitative estimate of drug-likeness (QED) is 0.700. The van der Waals surface area contributed by atoms with Crippen molar-refractivity contribution < 1.29 is 24.5 Å². The number of hydrogen-bond acceptors (Lipinski definition) is 4. The molecule has 6 nitrogen and oxygen atoms in total. The summed E-state index contributed by atoms with van der Waals surface area (Å²) in [6.45, 7) is 1.62. The highest BCUT2D eigenvalue weighted by Crippen LogP contribution is 2.16. The molecule has 0 bridgehead atoms. The van der Waals surface area contributed by atoms with Crippen LogP contribution in [0.1, 0.15) is 13.3 Å². The van der Waals surface area contributed by atoms with Gasteiger partial charge in [-0.1, -0.05) is 11.6 Å². The van der Waals surface area contributed by atoms with Crippen LogP contribution in [0.3, 0.4) is 0 Å². The number of carboxylic acids is 1. The number of aliphatic hydroxyl groups excluding tert-OH is 1. The van der Waals surface area contributed by atoms with Gasteiger partial charge in [-0.15, -0.1) is 0 Å². The predicted molar refractivity (Wildman–Crippen MR) is 72.8 cm³/mol. The Kier molecular flexibility index (Phi) is 6.27. The van der Waals surface area contributed by atoms with Crippen molar-refractivity contribution in [2.75, 3.05) is 6.54 Å². The predicted octanol–water partition coefficient (Wildman–Crippen LogP) is 1.06. The molecule has 1 aromatic rings. The Morgan fingerprint density at radius 3 is 2.50 bits per heavy atom. The SMILES string of the molecule is CC(Oc1ccc(Cl)cc1)C(=O)NCC[C@H](O)C(=O)O. The first-order valence-electron chi connectivity index (χ1n) is 6.01. The monoisotopic (exact) mass is 301 g/mol. The van der Waals surface area contributed by atoms with E-state index in [0.29, 0.717) is 10.8 Å². The van der Waals surface area contributed by atoms with Crippen LogP contribution in [-0.2, 0) is 9.59 Å². The summed E-state index contributed by atoms with van der Waals surface area (Å²) >= 11 is 5.73. The number of ether oxygens (including phenoxy) is 1. The lowest BCUT2D eigenvalue weighted by molar-refractivity contribution is -0.147. The molecule has 0 heterocycles. The van der Waals surface area contributed by atoms with Crippen molar-refractivity contribution in [2.24, 2.45) is 0 Å². The second kappa shape index (κ2) is 7.72. The third kappa shape index (κ3) is 5.46. The van der Waals surface area contributed by atoms with Crippen molar-refractivity contribution in [3.8, 4) is 5.75 Å². The lowest BCUT2D eigenvalue weighted by atomic mass is 10.2. The molecule has 2 atom stereocenters. The molecule has 0 aliphatic heterocycles. The molecule has 110 valence electrons. The highest BCUT2D eigenvalue weighted by Gasteiger charge is 2.16. The van der Waals surface area contributed by atoms with Crippen LogP contribution in [0.2, 0.25) is 5.02 Å². The first-order valence-corrected chi connectivity index (χ1v) is 6.38. The maximum atomic E-state index is 11.7. The second-order valence-corrected chi connectivity index (χ2v) is 4.58. The zero-order valence-electron chi connectivity index (χ0n) is 10.9. The summed E-state index contributed by atoms with van der Waals surface area (Å²) in [7, 11) is 0. The summed E-state index contributed by atoms with van der Waals surface area (Å²) in [5.74, 6) is -1.20. The molecule has 0 aliphatic rings. The second-order valence-electron chi connectivity index (χ2n) is 4.15. The topological polar surface area (TPSA) is 95.9 Å². The Balaban J connectivity index is 2.35. The molecule has 1 aromatic carbocycles. The van der Waals surface area contributed by atoms with Crippen molar-refractivity contribution >= 4 is 23.5 Å². The summed E-state index contributed by atoms with van der Waals surface area (Å²) < 4.78 is 5.39. The fraction of sp³-hybridized carbons (Fsp3) is 0.385. The maximum absolute atomic E-state index is 11.7. The van der Waals surface area contributed by atoms with Gasteiger partial charge in [-0.05, 0) is 31.2 Å². The minimum Gasteiger partial charge on any atom is -0.481 e. The fourth-order valence-corrected chi connectivity index (χ4v) is 1.50. The normalized spacial score (nSPS) is 13.3. The van der Waals surface area contributed by atoms with Crippen LogP contribution in [0.5, 0.6) is 5.75 Å². The average molecular weight is 302 g/mol. The third-order valence-electron chi connectivity index (χ3n) is 2.50. The number of aliphatic carboxylic acids is 1. The molecule has 0 radical (unpaired) electrons. The summed E-state index contributed by atoms with van der Waals surface area (Å²) in [6, 6.07) is 6.57. The minimum absolute atomic E-state index is 0.0562. The summed E-state index contributed by atoms with van der Waals surface area (Å²) in [4.78, 5) is 22.1. The standard InChI is InChI=1S/C13H16ClNO5/c1-8(20-10-4-2-9(14)3-5-10)12(17)15-7-6-11(16)13(18)19/h2-5,8,11,16H,6-7H2,1H3,(H,15,17)(H,18,19)/t8?,11-/m0/s1. The molecular weight excluding hydrogens is 286 g/mol. The summed E-state index contributed by atoms with van der Waals surface area (Å²) in [5.41, 5.74) is 0. The van der Waals surface area contributed by atoms with Crippen molar-refractivity contribution in [1.29, 1.82) is 0 Å². The zero-order chi connectivity index (χ0) is 15.1. The van der Waals surface area contributed by atoms with Crippen LogP contribution in [0.25, 0.3) is 0 Å². The number of aliphatic hydroxyl groups is 1. The largest absolute Gasteiger partial charge is 0.481 e. The van der Waals surface area contributed by atoms with Crippen molar-refractivity contribution in [3.05, 3.63) is 29.3 Å². The molecule has 1 rings (SSSR count). The number of benzene rings is 1. The van der Waals surface area contributed by atoms with Gasteiger partial charge in [0.05, 0.1) is 0 Å². The van der Waals surface area contributed by atoms with E-state index in [-0.39, 0.29) is 13.0 Å². The molecule has 0 saturated carbocycles. The van der Waals surface area contributed by atoms with Crippen LogP contribution < -0.4 is 10.1 Å². The molecule has 0 spiro atoms. The van der Waals surface area contributed by atoms with Gasteiger partial charge in [-0.2, -0.15) is 0 Å². The molecule has 20 heavy (non-hydrogen) atoms. The Morgan fingerprint density at radius 1 is 1.35 bits per heavy atom. The van der Waals surface area contributed by atoms with Gasteiger partial charge in [-0.25, -0.2) is 4.79 Å². The van der Waals surface area contributed by atoms with Gasteiger partial charge in [0, 0.05) is 18.0 Å². The lowest BCUT2D eigenvalue weighted by Gasteiger charge is -2.15. The number of hydrogen-bond donors (Lipinski definition) is 3. The van der Waals surface area contributed by atoms with Crippen molar-refractivity contribution in [3.63, 3.8) is 0 Å². The number of halogens is 1. The Hall–Kier alpha value is -1.79. The Bertz CT molecular complexity index is 462. The van der Waals surface area contributed by atoms with Crippen LogP contribution >= 0.6 is 11.6 Å². The van der Waals surface area contributed by atoms with Crippen molar-refractivity contribution in [2.45, 2.75) is 25.6 Å². The molecule has 3 N–H and O–H groups in total. The van der Waals surface area contributed by atoms with E-state index >= 15 is 0 Å². The fourth-order valence-electron chi connectivity index (χ4n) is 1.37. The van der Waals surface area contributed by atoms with Crippen LogP contribution in [0.4, 0.5) is 0 Å². The minimum atomic E-state index is -1.48. The van der Waals surface area contributed by atoms with Crippen LogP contribution in [0.15, 0.2) is 24.3 Å². The molecule has 0 aromatic heterocycles. The molecule has 7 heteroatoms. The average Bonchev–Trinajstić information content (AvgIpc) is 2.40. The number of amides is 1. The van der Waals surface area contributed by atoms with Crippen LogP contribution in [0, 0.1) is 0 Å². The van der Waals surface area contributed by atoms with E-state index < -0.39 is 24.1 Å². The van der Waals surface area contributed by atoms with E-state index in [1.807, 2.05) is 0 Å². The number of carbonyl (C=O) groups is 2. The molecular formula is C13H16ClNO5. The van der Waals surface area contributed by atoms with Gasteiger partial charge < -0.3 is 20.3 Å². The Labute approximate surface area is 121 Å². The highest BCUT2D eigenvalue weighted by atomic mass is 35.5. The molecule has 0 fully saturated rings. The smallest absolute Gasteiger partial charge is 0.332 e. The molecule has 1 unspecified atom stereocenters. The van der Waals surface area contributed by atoms with E-state index in [9.17, 15) is 9.59 Å². The molecule has 0 saturated heterocycles. The van der Waals surface area contributed by atoms with Gasteiger partial charge in [0.1, 0.15) is 5.75 Å². The van der Waals surface area contributed by atoms with Gasteiger partial charge >= 0.3 is 5.97 Å². The molecule has 1 amide bonds. The zero-order valence-corrected chi connectivity index (χ0v) is 11.6. The molecule has 0 aliphatic carbocycles. The first kappa shape index (κ1) is 16.3. The van der Waals surface area contributed by atoms with E-state index in [2.05, 4.69) is 5.32 Å². The van der Waals surface area contributed by atoms with Gasteiger partial charge in [0.2, 0.25) is 0 Å². The lowest BCUT2D eigenvalue weighted by Crippen LogP contribution is -2.38. The van der Waals surface area contributed by atoms with Gasteiger partial charge in [-0.3, -0.25) is 4.79 Å². The van der Waals surface area contributed by atoms with E-state index in [1.165, 1.54) is 0 Å². The van der Waals surface area contributed by atoms with E-state index in [1.54, 1.807) is 31.2 Å². The van der Waals surface area contributed by atoms with E-state index in [4.69, 9.17) is 26.6 Å². The van der Waals surface area contributed by atoms with Gasteiger partial charge in [0.15, 0.2) is 12.2 Å². The Morgan fingerprint density at radius 2 is 1.95 bits per heavy atom. The number of carbonyl (C=O) groups excluding carboxylic acids is 1. The van der Waals surface area contributed by atoms with Crippen molar-refractivity contribution in [1.82, 2.24) is 5.32 Å². The number of carboxylic acid groups (broad SMARTS) is 1. The maximum Gasteiger partial charge on any atom is 0.332 e. The number of nitrogens with one attached hydrogen (secondary N) is 1. The van der Waals surface area contributed by atoms with E-state index in [0.717, 1.165) is 0 Å². The summed E-state index contributed by atoms with van der Waals surface area (Å²) in [5, 5.41) is 20.6. The van der Waals surface area contributed by atoms with Gasteiger partial charge in [0.25, 0.3) is 5.91 Å². The third-order valence-corrected chi connectivity index (χ3v) is 2.75. The highest BCUT2D eigenvalue weighted by molar-refractivity contribution is 6.30. The van der Waals surface area contributed by atoms with Crippen LogP contribution in [-0.4, -0.2) is 40.8 Å². The summed E-state index contributed by atoms with van der Waals surface area (Å²) in [6.07, 6.45) is -2.28. The first-order chi connectivity index (χ1) is 9.40. The number of rotatable bonds is 7.